The van der Waals surface area contributed by atoms with Gasteiger partial charge in [-0.25, -0.2) is 4.91 Å². The molecule has 1 fully saturated rings. The maximum absolute atomic E-state index is 3.41. The van der Waals surface area contributed by atoms with Gasteiger partial charge in [0.05, 0.1) is 0 Å². The molecule has 0 amide bonds. The van der Waals surface area contributed by atoms with E-state index in [1.807, 2.05) is 0 Å². The smallest absolute Gasteiger partial charge is 0.472 e. The average molecular weight is 253 g/mol. The Balaban J connectivity index is -0.000000480. The zero-order valence-electron chi connectivity index (χ0n) is 11.1. The van der Waals surface area contributed by atoms with Crippen molar-refractivity contribution in [2.75, 3.05) is 25.9 Å². The summed E-state index contributed by atoms with van der Waals surface area (Å²) in [6, 6.07) is 0. The Labute approximate surface area is 144 Å². The van der Waals surface area contributed by atoms with E-state index in [-0.39, 0.29) is 66.2 Å². The van der Waals surface area contributed by atoms with E-state index in [0.29, 0.717) is 0 Å². The summed E-state index contributed by atoms with van der Waals surface area (Å²) >= 11 is 1.79. The van der Waals surface area contributed by atoms with Crippen molar-refractivity contribution in [1.29, 1.82) is 0 Å². The third-order valence-corrected chi connectivity index (χ3v) is 3.06. The van der Waals surface area contributed by atoms with Crippen LogP contribution < -0.4 is 51.4 Å². The van der Waals surface area contributed by atoms with Crippen molar-refractivity contribution >= 4 is 11.8 Å². The molecule has 0 atom stereocenters. The van der Waals surface area contributed by atoms with E-state index in [0.717, 1.165) is 6.54 Å². The van der Waals surface area contributed by atoms with Crippen LogP contribution in [0.25, 0.3) is 0 Å². The van der Waals surface area contributed by atoms with Crippen LogP contribution in [0.1, 0.15) is 26.2 Å². The van der Waals surface area contributed by atoms with Crippen LogP contribution in [0.4, 0.5) is 0 Å². The van der Waals surface area contributed by atoms with Crippen molar-refractivity contribution in [3.63, 3.8) is 0 Å². The molecule has 1 heterocycles. The number of hydrogen-bond donors (Lipinski definition) is 0. The van der Waals surface area contributed by atoms with Gasteiger partial charge in [0.15, 0.2) is 0 Å². The Bertz CT molecular complexity index is 154. The van der Waals surface area contributed by atoms with Crippen LogP contribution in [0.3, 0.4) is 0 Å². The summed E-state index contributed by atoms with van der Waals surface area (Å²) in [5.41, 5.74) is 0. The summed E-state index contributed by atoms with van der Waals surface area (Å²) in [5, 5.41) is 0. The Morgan fingerprint density at radius 1 is 1.20 bits per heavy atom. The monoisotopic (exact) mass is 253 g/mol. The molecule has 1 nitrogen and oxygen atoms in total. The normalized spacial score (nSPS) is 17.1. The molecule has 0 saturated carbocycles. The zero-order valence-corrected chi connectivity index (χ0v) is 15.0. The fourth-order valence-corrected chi connectivity index (χ4v) is 1.62. The number of thioether (sulfide) groups is 1. The topological polar surface area (TPSA) is 3.24 Å². The largest absolute Gasteiger partial charge is 1.00 e. The third kappa shape index (κ3) is 10.6. The number of allylic oxidation sites excluding steroid dienone is 1. The van der Waals surface area contributed by atoms with Gasteiger partial charge in [0.25, 0.3) is 0 Å². The average Bonchev–Trinajstić information content (AvgIpc) is 2.16. The van der Waals surface area contributed by atoms with Gasteiger partial charge in [0.2, 0.25) is 0 Å². The molecule has 3 heteroatoms. The molecule has 1 rings (SSSR count). The molecule has 0 aromatic rings. The zero-order chi connectivity index (χ0) is 8.81. The van der Waals surface area contributed by atoms with Crippen molar-refractivity contribution in [3.8, 4) is 0 Å². The molecule has 0 radical (unpaired) electrons. The van der Waals surface area contributed by atoms with Crippen LogP contribution in [-0.4, -0.2) is 30.8 Å². The van der Waals surface area contributed by atoms with E-state index in [2.05, 4.69) is 24.2 Å². The van der Waals surface area contributed by atoms with Crippen molar-refractivity contribution in [2.24, 2.45) is 0 Å². The second kappa shape index (κ2) is 13.8. The molecule has 0 aliphatic carbocycles. The molecular formula is C12H24KNS-2. The van der Waals surface area contributed by atoms with E-state index in [1.54, 1.807) is 11.8 Å². The molecule has 0 N–H and O–H groups in total. The molecular weight excluding hydrogens is 229 g/mol. The quantitative estimate of drug-likeness (QED) is 0.531. The summed E-state index contributed by atoms with van der Waals surface area (Å²) in [6.45, 7) is 5.71. The van der Waals surface area contributed by atoms with Crippen LogP contribution in [0, 0.1) is 20.9 Å². The number of piperidine rings is 1. The molecule has 86 valence electrons. The molecule has 0 unspecified atom stereocenters. The van der Waals surface area contributed by atoms with Gasteiger partial charge in [0, 0.05) is 0 Å². The van der Waals surface area contributed by atoms with Gasteiger partial charge in [-0.2, -0.15) is 11.8 Å². The second-order valence-corrected chi connectivity index (χ2v) is 4.29. The molecule has 15 heavy (non-hydrogen) atoms. The first-order chi connectivity index (χ1) is 5.83. The summed E-state index contributed by atoms with van der Waals surface area (Å²) in [5.74, 6) is 0. The fraction of sp³-hybridized carbons (Fsp3) is 0.667. The van der Waals surface area contributed by atoms with Crippen LogP contribution in [0.5, 0.6) is 0 Å². The van der Waals surface area contributed by atoms with E-state index < -0.39 is 0 Å². The van der Waals surface area contributed by atoms with Crippen molar-refractivity contribution in [1.82, 2.24) is 4.90 Å². The first-order valence-electron chi connectivity index (χ1n) is 4.66. The standard InChI is InChI=1S/C10H18NS.2CH3.K/c1-10(12-2)6-9-11-7-4-3-5-8-11;;;/h3-5,7-9H2,1-2H3;2*1H3;/q3*-1;+1. The molecule has 0 spiro atoms. The molecule has 0 aromatic carbocycles. The Morgan fingerprint density at radius 2 is 1.73 bits per heavy atom. The minimum absolute atomic E-state index is 0. The predicted molar refractivity (Wildman–Crippen MR) is 69.1 cm³/mol. The van der Waals surface area contributed by atoms with Gasteiger partial charge in [-0.1, -0.05) is 13.3 Å². The first kappa shape index (κ1) is 21.9. The molecule has 0 bridgehead atoms. The molecule has 1 aliphatic heterocycles. The summed E-state index contributed by atoms with van der Waals surface area (Å²) in [4.78, 5) is 3.81. The van der Waals surface area contributed by atoms with Gasteiger partial charge in [-0.15, -0.1) is 6.54 Å². The molecule has 0 aromatic heterocycles. The second-order valence-electron chi connectivity index (χ2n) is 3.27. The number of rotatable bonds is 3. The van der Waals surface area contributed by atoms with E-state index in [4.69, 9.17) is 0 Å². The summed E-state index contributed by atoms with van der Waals surface area (Å²) in [7, 11) is 0. The Morgan fingerprint density at radius 3 is 2.20 bits per heavy atom. The number of likely N-dealkylation sites (tertiary alicyclic amines) is 1. The van der Waals surface area contributed by atoms with Crippen LogP contribution in [0.2, 0.25) is 0 Å². The van der Waals surface area contributed by atoms with Gasteiger partial charge in [-0.05, 0) is 32.2 Å². The van der Waals surface area contributed by atoms with E-state index >= 15 is 0 Å². The van der Waals surface area contributed by atoms with Gasteiger partial charge >= 0.3 is 51.4 Å². The summed E-state index contributed by atoms with van der Waals surface area (Å²) < 4.78 is 0. The fourth-order valence-electron chi connectivity index (χ4n) is 1.41. The van der Waals surface area contributed by atoms with Gasteiger partial charge in [0.1, 0.15) is 0 Å². The first-order valence-corrected chi connectivity index (χ1v) is 5.89. The number of hydrogen-bond acceptors (Lipinski definition) is 2. The van der Waals surface area contributed by atoms with E-state index in [9.17, 15) is 0 Å². The maximum Gasteiger partial charge on any atom is 1.00 e. The van der Waals surface area contributed by atoms with Crippen LogP contribution in [0.15, 0.2) is 4.91 Å². The Kier molecular flexibility index (Phi) is 20.1. The number of nitrogens with zero attached hydrogens (tertiary/aromatic N) is 1. The maximum atomic E-state index is 3.41. The predicted octanol–water partition coefficient (Wildman–Crippen LogP) is 0.447. The Hall–Kier alpha value is 1.69. The third-order valence-electron chi connectivity index (χ3n) is 2.31. The van der Waals surface area contributed by atoms with Crippen LogP contribution in [-0.2, 0) is 0 Å². The van der Waals surface area contributed by atoms with E-state index in [1.165, 1.54) is 37.3 Å². The minimum Gasteiger partial charge on any atom is -0.472 e. The molecule has 1 aliphatic rings. The van der Waals surface area contributed by atoms with Crippen molar-refractivity contribution in [3.05, 3.63) is 25.8 Å². The van der Waals surface area contributed by atoms with Crippen molar-refractivity contribution < 1.29 is 51.4 Å². The summed E-state index contributed by atoms with van der Waals surface area (Å²) in [6.07, 6.45) is 9.69. The minimum atomic E-state index is 0. The van der Waals surface area contributed by atoms with Gasteiger partial charge < -0.3 is 25.8 Å². The van der Waals surface area contributed by atoms with Crippen LogP contribution >= 0.6 is 11.8 Å². The van der Waals surface area contributed by atoms with Gasteiger partial charge in [-0.3, -0.25) is 0 Å². The SMILES string of the molecule is CSC(C)=[C-]CN1CCCCC1.[CH3-].[CH3-].[K+]. The molecule has 1 saturated heterocycles. The van der Waals surface area contributed by atoms with Crippen molar-refractivity contribution in [2.45, 2.75) is 26.2 Å².